The Morgan fingerprint density at radius 1 is 1.17 bits per heavy atom. The maximum atomic E-state index is 12.3. The largest absolute Gasteiger partial charge is 0.508 e. The van der Waals surface area contributed by atoms with Gasteiger partial charge in [-0.05, 0) is 48.0 Å². The van der Waals surface area contributed by atoms with Crippen molar-refractivity contribution in [1.82, 2.24) is 0 Å². The van der Waals surface area contributed by atoms with Crippen molar-refractivity contribution < 1.29 is 18.3 Å². The highest BCUT2D eigenvalue weighted by molar-refractivity contribution is 7.96. The average Bonchev–Trinajstić information content (AvgIpc) is 2.54. The number of benzene rings is 2. The molecule has 0 aliphatic heterocycles. The summed E-state index contributed by atoms with van der Waals surface area (Å²) in [5.74, 6) is 0.646. The van der Waals surface area contributed by atoms with Crippen LogP contribution in [0.2, 0.25) is 0 Å². The van der Waals surface area contributed by atoms with Crippen LogP contribution < -0.4 is 9.46 Å². The number of methoxy groups -OCH3 is 1. The van der Waals surface area contributed by atoms with Crippen LogP contribution in [0.1, 0.15) is 5.56 Å². The Morgan fingerprint density at radius 2 is 1.78 bits per heavy atom. The number of hydrogen-bond donors (Lipinski definition) is 2. The molecule has 2 aromatic carbocycles. The monoisotopic (exact) mass is 330 g/mol. The Balaban J connectivity index is 2.28. The first kappa shape index (κ1) is 16.4. The third-order valence-electron chi connectivity index (χ3n) is 2.93. The highest BCUT2D eigenvalue weighted by Gasteiger charge is 2.17. The molecule has 0 bridgehead atoms. The number of nitriles is 1. The molecule has 7 heteroatoms. The van der Waals surface area contributed by atoms with Crippen LogP contribution >= 0.6 is 0 Å². The van der Waals surface area contributed by atoms with Crippen molar-refractivity contribution in [1.29, 1.82) is 5.26 Å². The molecule has 0 aliphatic carbocycles. The van der Waals surface area contributed by atoms with Crippen LogP contribution in [-0.2, 0) is 10.0 Å². The molecule has 0 amide bonds. The number of nitrogens with one attached hydrogen (secondary N) is 1. The highest BCUT2D eigenvalue weighted by Crippen LogP contribution is 2.20. The molecule has 118 valence electrons. The van der Waals surface area contributed by atoms with E-state index < -0.39 is 14.9 Å². The zero-order valence-electron chi connectivity index (χ0n) is 12.2. The van der Waals surface area contributed by atoms with Crippen molar-refractivity contribution >= 4 is 21.8 Å². The van der Waals surface area contributed by atoms with E-state index in [1.807, 2.05) is 0 Å². The molecule has 2 rings (SSSR count). The molecule has 0 atom stereocenters. The number of anilines is 1. The Hall–Kier alpha value is -2.98. The molecule has 2 aromatic rings. The Bertz CT molecular complexity index is 848. The van der Waals surface area contributed by atoms with E-state index >= 15 is 0 Å². The van der Waals surface area contributed by atoms with Gasteiger partial charge in [0.2, 0.25) is 0 Å². The standard InChI is InChI=1S/C16H14N2O4S/c1-22-15-8-4-13(5-9-15)18-23(20,21)16(11-17)10-12-2-6-14(19)7-3-12/h2-10,18-19H,1H3. The van der Waals surface area contributed by atoms with Gasteiger partial charge in [0.05, 0.1) is 7.11 Å². The van der Waals surface area contributed by atoms with E-state index in [9.17, 15) is 13.5 Å². The highest BCUT2D eigenvalue weighted by atomic mass is 32.2. The fraction of sp³-hybridized carbons (Fsp3) is 0.0625. The number of hydrogen-bond acceptors (Lipinski definition) is 5. The predicted molar refractivity (Wildman–Crippen MR) is 87.2 cm³/mol. The zero-order chi connectivity index (χ0) is 16.9. The summed E-state index contributed by atoms with van der Waals surface area (Å²) in [5, 5.41) is 18.3. The fourth-order valence-electron chi connectivity index (χ4n) is 1.76. The molecule has 23 heavy (non-hydrogen) atoms. The summed E-state index contributed by atoms with van der Waals surface area (Å²) < 4.78 is 31.9. The van der Waals surface area contributed by atoms with Crippen LogP contribution in [0.25, 0.3) is 6.08 Å². The summed E-state index contributed by atoms with van der Waals surface area (Å²) in [4.78, 5) is -0.431. The number of rotatable bonds is 5. The molecule has 2 N–H and O–H groups in total. The maximum absolute atomic E-state index is 12.3. The lowest BCUT2D eigenvalue weighted by Crippen LogP contribution is -2.14. The van der Waals surface area contributed by atoms with E-state index in [0.29, 0.717) is 17.0 Å². The third kappa shape index (κ3) is 4.25. The molecule has 6 nitrogen and oxygen atoms in total. The topological polar surface area (TPSA) is 99.4 Å². The van der Waals surface area contributed by atoms with Gasteiger partial charge in [-0.1, -0.05) is 12.1 Å². The van der Waals surface area contributed by atoms with E-state index in [0.717, 1.165) is 0 Å². The molecule has 0 radical (unpaired) electrons. The SMILES string of the molecule is COc1ccc(NS(=O)(=O)C(C#N)=Cc2ccc(O)cc2)cc1. The van der Waals surface area contributed by atoms with Crippen molar-refractivity contribution in [2.24, 2.45) is 0 Å². The molecular formula is C16H14N2O4S. The van der Waals surface area contributed by atoms with Gasteiger partial charge in [-0.15, -0.1) is 0 Å². The van der Waals surface area contributed by atoms with Crippen molar-refractivity contribution in [3.8, 4) is 17.6 Å². The van der Waals surface area contributed by atoms with Crippen LogP contribution in [0.3, 0.4) is 0 Å². The van der Waals surface area contributed by atoms with Gasteiger partial charge in [0.15, 0.2) is 4.91 Å². The van der Waals surface area contributed by atoms with E-state index in [1.54, 1.807) is 18.2 Å². The van der Waals surface area contributed by atoms with Gasteiger partial charge in [-0.3, -0.25) is 4.72 Å². The number of nitrogens with zero attached hydrogens (tertiary/aromatic N) is 1. The van der Waals surface area contributed by atoms with Crippen LogP contribution in [-0.4, -0.2) is 20.6 Å². The summed E-state index contributed by atoms with van der Waals surface area (Å²) in [6.45, 7) is 0. The first-order valence-corrected chi connectivity index (χ1v) is 8.00. The lowest BCUT2D eigenvalue weighted by Gasteiger charge is -2.08. The molecule has 0 aromatic heterocycles. The van der Waals surface area contributed by atoms with Crippen molar-refractivity contribution in [3.63, 3.8) is 0 Å². The normalized spacial score (nSPS) is 11.6. The number of phenolic OH excluding ortho intramolecular Hbond substituents is 1. The smallest absolute Gasteiger partial charge is 0.272 e. The molecule has 0 aliphatic rings. The molecule has 0 saturated carbocycles. The van der Waals surface area contributed by atoms with Gasteiger partial charge in [0.25, 0.3) is 10.0 Å². The summed E-state index contributed by atoms with van der Waals surface area (Å²) >= 11 is 0. The van der Waals surface area contributed by atoms with Crippen LogP contribution in [0, 0.1) is 11.3 Å². The zero-order valence-corrected chi connectivity index (χ0v) is 13.0. The van der Waals surface area contributed by atoms with Crippen LogP contribution in [0.5, 0.6) is 11.5 Å². The minimum atomic E-state index is -4.01. The van der Waals surface area contributed by atoms with Crippen molar-refractivity contribution in [2.45, 2.75) is 0 Å². The van der Waals surface area contributed by atoms with E-state index in [4.69, 9.17) is 10.00 Å². The quantitative estimate of drug-likeness (QED) is 0.821. The summed E-state index contributed by atoms with van der Waals surface area (Å²) in [5.41, 5.74) is 0.803. The number of sulfonamides is 1. The van der Waals surface area contributed by atoms with Gasteiger partial charge in [0, 0.05) is 5.69 Å². The van der Waals surface area contributed by atoms with Gasteiger partial charge < -0.3 is 9.84 Å². The molecule has 0 heterocycles. The molecule has 0 unspecified atom stereocenters. The predicted octanol–water partition coefficient (Wildman–Crippen LogP) is 2.71. The van der Waals surface area contributed by atoms with Gasteiger partial charge >= 0.3 is 0 Å². The molecule has 0 spiro atoms. The van der Waals surface area contributed by atoms with Crippen molar-refractivity contribution in [2.75, 3.05) is 11.8 Å². The fourth-order valence-corrected chi connectivity index (χ4v) is 2.73. The molecule has 0 saturated heterocycles. The molecular weight excluding hydrogens is 316 g/mol. The number of allylic oxidation sites excluding steroid dienone is 1. The Labute approximate surface area is 134 Å². The van der Waals surface area contributed by atoms with Crippen LogP contribution in [0.4, 0.5) is 5.69 Å². The van der Waals surface area contributed by atoms with Gasteiger partial charge in [-0.2, -0.15) is 5.26 Å². The maximum Gasteiger partial charge on any atom is 0.272 e. The third-order valence-corrected chi connectivity index (χ3v) is 4.23. The summed E-state index contributed by atoms with van der Waals surface area (Å²) in [6, 6.07) is 13.8. The average molecular weight is 330 g/mol. The number of aromatic hydroxyl groups is 1. The minimum absolute atomic E-state index is 0.0554. The second-order valence-corrected chi connectivity index (χ2v) is 6.20. The summed E-state index contributed by atoms with van der Waals surface area (Å²) in [7, 11) is -2.50. The van der Waals surface area contributed by atoms with Gasteiger partial charge in [-0.25, -0.2) is 8.42 Å². The number of ether oxygens (including phenoxy) is 1. The summed E-state index contributed by atoms with van der Waals surface area (Å²) in [6.07, 6.45) is 1.23. The second kappa shape index (κ2) is 6.85. The number of phenols is 1. The van der Waals surface area contributed by atoms with Crippen LogP contribution in [0.15, 0.2) is 53.4 Å². The Kier molecular flexibility index (Phi) is 4.88. The van der Waals surface area contributed by atoms with E-state index in [-0.39, 0.29) is 5.75 Å². The lowest BCUT2D eigenvalue weighted by molar-refractivity contribution is 0.415. The first-order valence-electron chi connectivity index (χ1n) is 6.52. The van der Waals surface area contributed by atoms with Crippen molar-refractivity contribution in [3.05, 3.63) is 59.0 Å². The van der Waals surface area contributed by atoms with E-state index in [1.165, 1.54) is 49.6 Å². The second-order valence-electron chi connectivity index (χ2n) is 4.55. The van der Waals surface area contributed by atoms with Gasteiger partial charge in [0.1, 0.15) is 17.6 Å². The molecule has 0 fully saturated rings. The minimum Gasteiger partial charge on any atom is -0.508 e. The van der Waals surface area contributed by atoms with E-state index in [2.05, 4.69) is 4.72 Å². The Morgan fingerprint density at radius 3 is 2.30 bits per heavy atom. The lowest BCUT2D eigenvalue weighted by atomic mass is 10.2. The first-order chi connectivity index (χ1) is 10.9.